The fourth-order valence-electron chi connectivity index (χ4n) is 3.90. The van der Waals surface area contributed by atoms with Crippen molar-refractivity contribution in [1.82, 2.24) is 14.7 Å². The Hall–Kier alpha value is -2.73. The van der Waals surface area contributed by atoms with Gasteiger partial charge in [-0.25, -0.2) is 9.07 Å². The van der Waals surface area contributed by atoms with E-state index in [9.17, 15) is 35.5 Å². The fourth-order valence-corrected chi connectivity index (χ4v) is 4.90. The second-order valence-corrected chi connectivity index (χ2v) is 9.82. The molecule has 4 rings (SSSR count). The molecule has 0 spiro atoms. The Morgan fingerprint density at radius 2 is 1.70 bits per heavy atom. The van der Waals surface area contributed by atoms with Gasteiger partial charge < -0.3 is 4.90 Å². The van der Waals surface area contributed by atoms with Gasteiger partial charge in [0.15, 0.2) is 0 Å². The first-order chi connectivity index (χ1) is 17.2. The average molecular weight is 566 g/mol. The van der Waals surface area contributed by atoms with Crippen LogP contribution < -0.4 is 0 Å². The van der Waals surface area contributed by atoms with Crippen LogP contribution in [0.15, 0.2) is 53.7 Å². The third-order valence-electron chi connectivity index (χ3n) is 6.10. The van der Waals surface area contributed by atoms with Gasteiger partial charge in [0.25, 0.3) is 5.91 Å². The first kappa shape index (κ1) is 27.3. The van der Waals surface area contributed by atoms with E-state index in [4.69, 9.17) is 11.6 Å². The maximum Gasteiger partial charge on any atom is 0.435 e. The maximum absolute atomic E-state index is 14.6. The smallest absolute Gasteiger partial charge is 0.339 e. The SMILES string of the molecule is CSc1cc(C(F)(C(F)(F)F)C(F)(F)F)cc(Cl)c1-n1cc(-c2cccc(C(=O)N(C)C3CC3)c2)cn1. The Kier molecular flexibility index (Phi) is 7.04. The molecule has 1 aromatic heterocycles. The molecule has 0 radical (unpaired) electrons. The molecule has 0 N–H and O–H groups in total. The maximum atomic E-state index is 14.6. The summed E-state index contributed by atoms with van der Waals surface area (Å²) in [7, 11) is 1.73. The predicted molar refractivity (Wildman–Crippen MR) is 126 cm³/mol. The summed E-state index contributed by atoms with van der Waals surface area (Å²) in [5.74, 6) is -0.149. The Morgan fingerprint density at radius 3 is 2.27 bits per heavy atom. The van der Waals surface area contributed by atoms with E-state index >= 15 is 0 Å². The molecule has 37 heavy (non-hydrogen) atoms. The molecule has 198 valence electrons. The summed E-state index contributed by atoms with van der Waals surface area (Å²) in [5, 5.41) is 3.60. The number of nitrogens with zero attached hydrogens (tertiary/aromatic N) is 3. The molecule has 0 saturated heterocycles. The minimum Gasteiger partial charge on any atom is -0.339 e. The van der Waals surface area contributed by atoms with Gasteiger partial charge in [0.05, 0.1) is 16.9 Å². The van der Waals surface area contributed by atoms with Gasteiger partial charge in [-0.05, 0) is 48.9 Å². The third kappa shape index (κ3) is 4.93. The zero-order valence-corrected chi connectivity index (χ0v) is 20.9. The number of aromatic nitrogens is 2. The number of hydrogen-bond acceptors (Lipinski definition) is 3. The van der Waals surface area contributed by atoms with Crippen LogP contribution in [0, 0.1) is 0 Å². The van der Waals surface area contributed by atoms with Crippen molar-refractivity contribution in [2.45, 2.75) is 41.8 Å². The van der Waals surface area contributed by atoms with Gasteiger partial charge in [0.2, 0.25) is 0 Å². The number of amides is 1. The monoisotopic (exact) mass is 565 g/mol. The van der Waals surface area contributed by atoms with Gasteiger partial charge in [-0.3, -0.25) is 4.79 Å². The summed E-state index contributed by atoms with van der Waals surface area (Å²) >= 11 is 6.90. The summed E-state index contributed by atoms with van der Waals surface area (Å²) in [6.45, 7) is 0. The normalized spacial score (nSPS) is 14.6. The number of benzene rings is 2. The Balaban J connectivity index is 1.73. The zero-order chi connectivity index (χ0) is 27.3. The molecular formula is C24H19ClF7N3OS. The molecule has 3 aromatic rings. The van der Waals surface area contributed by atoms with Crippen LogP contribution in [0.4, 0.5) is 30.7 Å². The van der Waals surface area contributed by atoms with E-state index in [-0.39, 0.29) is 22.5 Å². The molecule has 0 unspecified atom stereocenters. The molecule has 1 amide bonds. The lowest BCUT2D eigenvalue weighted by molar-refractivity contribution is -0.348. The third-order valence-corrected chi connectivity index (χ3v) is 7.14. The lowest BCUT2D eigenvalue weighted by Gasteiger charge is -2.31. The number of carbonyl (C=O) groups is 1. The second kappa shape index (κ2) is 9.54. The number of rotatable bonds is 6. The molecule has 1 aliphatic rings. The molecule has 1 aliphatic carbocycles. The zero-order valence-electron chi connectivity index (χ0n) is 19.3. The van der Waals surface area contributed by atoms with Crippen LogP contribution in [0.1, 0.15) is 28.8 Å². The standard InChI is InChI=1S/C24H19ClF7N3OS/c1-34(17-6-7-17)21(36)14-5-3-4-13(8-14)15-11-33-35(12-15)20-18(25)9-16(10-19(20)37-2)22(26,23(27,28)29)24(30,31)32/h3-5,8-12,17H,6-7H2,1-2H3. The van der Waals surface area contributed by atoms with Gasteiger partial charge in [-0.15, -0.1) is 11.8 Å². The Bertz CT molecular complexity index is 1320. The molecule has 1 fully saturated rings. The Labute approximate surface area is 216 Å². The highest BCUT2D eigenvalue weighted by Crippen LogP contribution is 2.54. The molecule has 13 heteroatoms. The molecule has 2 aromatic carbocycles. The van der Waals surface area contributed by atoms with E-state index in [2.05, 4.69) is 5.10 Å². The summed E-state index contributed by atoms with van der Waals surface area (Å²) in [6.07, 6.45) is -6.36. The number of halogens is 8. The van der Waals surface area contributed by atoms with Gasteiger partial charge in [-0.1, -0.05) is 23.7 Å². The van der Waals surface area contributed by atoms with E-state index in [1.165, 1.54) is 23.3 Å². The summed E-state index contributed by atoms with van der Waals surface area (Å²) in [4.78, 5) is 14.2. The van der Waals surface area contributed by atoms with Gasteiger partial charge in [-0.2, -0.15) is 31.4 Å². The first-order valence-electron chi connectivity index (χ1n) is 10.8. The van der Waals surface area contributed by atoms with Crippen molar-refractivity contribution >= 4 is 29.3 Å². The molecule has 0 atom stereocenters. The number of carbonyl (C=O) groups excluding carboxylic acids is 1. The van der Waals surface area contributed by atoms with Crippen LogP contribution in [0.25, 0.3) is 16.8 Å². The molecule has 1 saturated carbocycles. The highest BCUT2D eigenvalue weighted by molar-refractivity contribution is 7.98. The fraction of sp³-hybridized carbons (Fsp3) is 0.333. The lowest BCUT2D eigenvalue weighted by Crippen LogP contribution is -2.50. The topological polar surface area (TPSA) is 38.1 Å². The molecule has 0 aliphatic heterocycles. The van der Waals surface area contributed by atoms with Crippen molar-refractivity contribution in [3.05, 3.63) is 64.9 Å². The number of alkyl halides is 7. The summed E-state index contributed by atoms with van der Waals surface area (Å²) in [6, 6.07) is 7.73. The van der Waals surface area contributed by atoms with Crippen molar-refractivity contribution in [2.24, 2.45) is 0 Å². The average Bonchev–Trinajstić information content (AvgIpc) is 3.57. The highest BCUT2D eigenvalue weighted by Gasteiger charge is 2.73. The van der Waals surface area contributed by atoms with Crippen molar-refractivity contribution in [2.75, 3.05) is 13.3 Å². The number of thioether (sulfide) groups is 1. The van der Waals surface area contributed by atoms with Crippen LogP contribution in [-0.2, 0) is 5.67 Å². The highest BCUT2D eigenvalue weighted by atomic mass is 35.5. The van der Waals surface area contributed by atoms with Crippen molar-refractivity contribution in [3.63, 3.8) is 0 Å². The molecule has 4 nitrogen and oxygen atoms in total. The van der Waals surface area contributed by atoms with E-state index < -0.39 is 28.6 Å². The van der Waals surface area contributed by atoms with E-state index in [0.717, 1.165) is 24.6 Å². The van der Waals surface area contributed by atoms with Crippen molar-refractivity contribution in [3.8, 4) is 16.8 Å². The molecular weight excluding hydrogens is 547 g/mol. The predicted octanol–water partition coefficient (Wildman–Crippen LogP) is 7.44. The first-order valence-corrected chi connectivity index (χ1v) is 12.4. The largest absolute Gasteiger partial charge is 0.435 e. The number of hydrogen-bond donors (Lipinski definition) is 0. The van der Waals surface area contributed by atoms with Gasteiger partial charge in [0.1, 0.15) is 0 Å². The van der Waals surface area contributed by atoms with E-state index in [1.54, 1.807) is 36.2 Å². The van der Waals surface area contributed by atoms with Crippen LogP contribution in [0.3, 0.4) is 0 Å². The van der Waals surface area contributed by atoms with Crippen LogP contribution in [0.2, 0.25) is 5.02 Å². The molecule has 1 heterocycles. The minimum atomic E-state index is -6.26. The van der Waals surface area contributed by atoms with Crippen molar-refractivity contribution < 1.29 is 35.5 Å². The second-order valence-electron chi connectivity index (χ2n) is 8.56. The van der Waals surface area contributed by atoms with Crippen LogP contribution in [0.5, 0.6) is 0 Å². The van der Waals surface area contributed by atoms with Gasteiger partial charge >= 0.3 is 18.0 Å². The van der Waals surface area contributed by atoms with E-state index in [0.29, 0.717) is 28.8 Å². The van der Waals surface area contributed by atoms with Crippen molar-refractivity contribution in [1.29, 1.82) is 0 Å². The Morgan fingerprint density at radius 1 is 1.05 bits per heavy atom. The lowest BCUT2D eigenvalue weighted by atomic mass is 9.94. The van der Waals surface area contributed by atoms with Crippen LogP contribution >= 0.6 is 23.4 Å². The van der Waals surface area contributed by atoms with Gasteiger partial charge in [0, 0.05) is 40.9 Å². The van der Waals surface area contributed by atoms with E-state index in [1.807, 2.05) is 0 Å². The molecule has 0 bridgehead atoms. The summed E-state index contributed by atoms with van der Waals surface area (Å²) < 4.78 is 95.4. The van der Waals surface area contributed by atoms with Crippen LogP contribution in [-0.4, -0.2) is 52.3 Å². The quantitative estimate of drug-likeness (QED) is 0.230. The summed E-state index contributed by atoms with van der Waals surface area (Å²) in [5.41, 5.74) is -5.73. The minimum absolute atomic E-state index is 0.0171.